The molecule has 0 atom stereocenters. The minimum absolute atomic E-state index is 0.478. The lowest BCUT2D eigenvalue weighted by molar-refractivity contribution is 0.101. The van der Waals surface area contributed by atoms with E-state index in [0.29, 0.717) is 6.61 Å². The lowest BCUT2D eigenvalue weighted by Crippen LogP contribution is -2.17. The number of hydrogen-bond donors (Lipinski definition) is 0. The van der Waals surface area contributed by atoms with Crippen LogP contribution in [0.1, 0.15) is 32.6 Å². The lowest BCUT2D eigenvalue weighted by atomic mass is 9.83. The van der Waals surface area contributed by atoms with Gasteiger partial charge < -0.3 is 4.74 Å². The zero-order chi connectivity index (χ0) is 8.81. The molecule has 0 spiro atoms. The third-order valence-corrected chi connectivity index (χ3v) is 2.67. The van der Waals surface area contributed by atoms with Gasteiger partial charge in [0.15, 0.2) is 0 Å². The summed E-state index contributed by atoms with van der Waals surface area (Å²) in [4.78, 5) is 0. The summed E-state index contributed by atoms with van der Waals surface area (Å²) in [5.74, 6) is 4.19. The van der Waals surface area contributed by atoms with E-state index in [1.807, 2.05) is 0 Å². The molecular formula is C11H18O. The SMILES string of the molecule is C#CCOCC1CCC(C)CC1. The van der Waals surface area contributed by atoms with E-state index in [1.54, 1.807) is 0 Å². The first kappa shape index (κ1) is 9.61. The van der Waals surface area contributed by atoms with Crippen LogP contribution in [-0.2, 0) is 4.74 Å². The zero-order valence-electron chi connectivity index (χ0n) is 7.88. The molecule has 0 bridgehead atoms. The second kappa shape index (κ2) is 5.22. The molecule has 1 rings (SSSR count). The predicted molar refractivity (Wildman–Crippen MR) is 50.8 cm³/mol. The fraction of sp³-hybridized carbons (Fsp3) is 0.818. The van der Waals surface area contributed by atoms with Crippen molar-refractivity contribution in [3.63, 3.8) is 0 Å². The summed E-state index contributed by atoms with van der Waals surface area (Å²) in [7, 11) is 0. The molecule has 0 N–H and O–H groups in total. The molecule has 1 saturated carbocycles. The van der Waals surface area contributed by atoms with Gasteiger partial charge in [-0.05, 0) is 24.7 Å². The largest absolute Gasteiger partial charge is 0.369 e. The van der Waals surface area contributed by atoms with Gasteiger partial charge in [-0.25, -0.2) is 0 Å². The zero-order valence-corrected chi connectivity index (χ0v) is 7.88. The number of ether oxygens (including phenoxy) is 1. The van der Waals surface area contributed by atoms with Crippen LogP contribution < -0.4 is 0 Å². The van der Waals surface area contributed by atoms with Crippen molar-refractivity contribution in [3.05, 3.63) is 0 Å². The monoisotopic (exact) mass is 166 g/mol. The molecule has 0 amide bonds. The Balaban J connectivity index is 2.06. The van der Waals surface area contributed by atoms with Gasteiger partial charge in [-0.1, -0.05) is 25.7 Å². The number of terminal acetylenes is 1. The van der Waals surface area contributed by atoms with Gasteiger partial charge in [-0.3, -0.25) is 0 Å². The maximum Gasteiger partial charge on any atom is 0.107 e. The van der Waals surface area contributed by atoms with E-state index >= 15 is 0 Å². The topological polar surface area (TPSA) is 9.23 Å². The highest BCUT2D eigenvalue weighted by Crippen LogP contribution is 2.28. The standard InChI is InChI=1S/C11H18O/c1-3-8-12-9-11-6-4-10(2)5-7-11/h1,10-11H,4-9H2,2H3. The fourth-order valence-corrected chi connectivity index (χ4v) is 1.78. The highest BCUT2D eigenvalue weighted by molar-refractivity contribution is 4.83. The van der Waals surface area contributed by atoms with Gasteiger partial charge in [-0.15, -0.1) is 6.42 Å². The molecule has 0 unspecified atom stereocenters. The van der Waals surface area contributed by atoms with E-state index < -0.39 is 0 Å². The van der Waals surface area contributed by atoms with Crippen LogP contribution in [0, 0.1) is 24.2 Å². The van der Waals surface area contributed by atoms with Crippen molar-refractivity contribution in [3.8, 4) is 12.3 Å². The molecule has 0 aromatic rings. The van der Waals surface area contributed by atoms with Crippen molar-refractivity contribution in [1.82, 2.24) is 0 Å². The summed E-state index contributed by atoms with van der Waals surface area (Å²) in [6, 6.07) is 0. The molecule has 68 valence electrons. The van der Waals surface area contributed by atoms with Crippen molar-refractivity contribution in [2.75, 3.05) is 13.2 Å². The molecule has 1 fully saturated rings. The molecule has 1 nitrogen and oxygen atoms in total. The van der Waals surface area contributed by atoms with Crippen LogP contribution in [-0.4, -0.2) is 13.2 Å². The summed E-state index contributed by atoms with van der Waals surface area (Å²) >= 11 is 0. The minimum atomic E-state index is 0.478. The highest BCUT2D eigenvalue weighted by Gasteiger charge is 2.17. The molecule has 12 heavy (non-hydrogen) atoms. The fourth-order valence-electron chi connectivity index (χ4n) is 1.78. The van der Waals surface area contributed by atoms with Crippen molar-refractivity contribution in [2.24, 2.45) is 11.8 Å². The average Bonchev–Trinajstić information content (AvgIpc) is 2.09. The van der Waals surface area contributed by atoms with Crippen LogP contribution in [0.2, 0.25) is 0 Å². The van der Waals surface area contributed by atoms with E-state index in [0.717, 1.165) is 18.4 Å². The van der Waals surface area contributed by atoms with Crippen molar-refractivity contribution >= 4 is 0 Å². The Labute approximate surface area is 75.5 Å². The molecule has 0 saturated heterocycles. The summed E-state index contributed by atoms with van der Waals surface area (Å²) in [5, 5.41) is 0. The molecule has 0 aromatic carbocycles. The Morgan fingerprint density at radius 1 is 1.33 bits per heavy atom. The van der Waals surface area contributed by atoms with E-state index in [9.17, 15) is 0 Å². The van der Waals surface area contributed by atoms with Crippen molar-refractivity contribution in [2.45, 2.75) is 32.6 Å². The van der Waals surface area contributed by atoms with Crippen LogP contribution in [0.3, 0.4) is 0 Å². The molecular weight excluding hydrogens is 148 g/mol. The lowest BCUT2D eigenvalue weighted by Gasteiger charge is -2.25. The maximum absolute atomic E-state index is 5.32. The molecule has 0 aromatic heterocycles. The summed E-state index contributed by atoms with van der Waals surface area (Å²) in [6.07, 6.45) is 10.5. The van der Waals surface area contributed by atoms with Crippen LogP contribution in [0.15, 0.2) is 0 Å². The first-order chi connectivity index (χ1) is 5.83. The van der Waals surface area contributed by atoms with Gasteiger partial charge in [0, 0.05) is 0 Å². The maximum atomic E-state index is 5.32. The summed E-state index contributed by atoms with van der Waals surface area (Å²) in [5.41, 5.74) is 0. The Hall–Kier alpha value is -0.480. The third kappa shape index (κ3) is 3.28. The highest BCUT2D eigenvalue weighted by atomic mass is 16.5. The van der Waals surface area contributed by atoms with Crippen molar-refractivity contribution in [1.29, 1.82) is 0 Å². The predicted octanol–water partition coefficient (Wildman–Crippen LogP) is 2.46. The Morgan fingerprint density at radius 2 is 2.00 bits per heavy atom. The first-order valence-corrected chi connectivity index (χ1v) is 4.84. The second-order valence-corrected chi connectivity index (χ2v) is 3.85. The molecule has 0 heterocycles. The molecule has 0 aliphatic heterocycles. The smallest absolute Gasteiger partial charge is 0.107 e. The van der Waals surface area contributed by atoms with Gasteiger partial charge >= 0.3 is 0 Å². The van der Waals surface area contributed by atoms with Gasteiger partial charge in [-0.2, -0.15) is 0 Å². The number of rotatable bonds is 3. The quantitative estimate of drug-likeness (QED) is 0.462. The van der Waals surface area contributed by atoms with Gasteiger partial charge in [0.05, 0.1) is 6.61 Å². The van der Waals surface area contributed by atoms with Crippen LogP contribution >= 0.6 is 0 Å². The van der Waals surface area contributed by atoms with Gasteiger partial charge in [0.2, 0.25) is 0 Å². The Morgan fingerprint density at radius 3 is 2.58 bits per heavy atom. The summed E-state index contributed by atoms with van der Waals surface area (Å²) in [6.45, 7) is 3.68. The Bertz CT molecular complexity index is 149. The molecule has 1 heteroatoms. The first-order valence-electron chi connectivity index (χ1n) is 4.84. The minimum Gasteiger partial charge on any atom is -0.369 e. The average molecular weight is 166 g/mol. The normalized spacial score (nSPS) is 29.7. The van der Waals surface area contributed by atoms with Crippen LogP contribution in [0.25, 0.3) is 0 Å². The van der Waals surface area contributed by atoms with E-state index in [1.165, 1.54) is 25.7 Å². The molecule has 1 aliphatic rings. The number of hydrogen-bond acceptors (Lipinski definition) is 1. The van der Waals surface area contributed by atoms with Crippen molar-refractivity contribution < 1.29 is 4.74 Å². The third-order valence-electron chi connectivity index (χ3n) is 2.67. The van der Waals surface area contributed by atoms with E-state index in [2.05, 4.69) is 12.8 Å². The molecule has 0 radical (unpaired) electrons. The molecule has 1 aliphatic carbocycles. The van der Waals surface area contributed by atoms with Crippen LogP contribution in [0.5, 0.6) is 0 Å². The van der Waals surface area contributed by atoms with E-state index in [-0.39, 0.29) is 0 Å². The second-order valence-electron chi connectivity index (χ2n) is 3.85. The summed E-state index contributed by atoms with van der Waals surface area (Å²) < 4.78 is 5.32. The Kier molecular flexibility index (Phi) is 4.18. The van der Waals surface area contributed by atoms with Gasteiger partial charge in [0.1, 0.15) is 6.61 Å². The van der Waals surface area contributed by atoms with Crippen LogP contribution in [0.4, 0.5) is 0 Å². The van der Waals surface area contributed by atoms with E-state index in [4.69, 9.17) is 11.2 Å². The van der Waals surface area contributed by atoms with Gasteiger partial charge in [0.25, 0.3) is 0 Å².